The Morgan fingerprint density at radius 2 is 1.72 bits per heavy atom. The fourth-order valence-electron chi connectivity index (χ4n) is 2.36. The molecular weight excluding hydrogens is 327 g/mol. The summed E-state index contributed by atoms with van der Waals surface area (Å²) in [6.45, 7) is 2.69. The molecule has 0 saturated heterocycles. The van der Waals surface area contributed by atoms with E-state index in [0.717, 1.165) is 0 Å². The van der Waals surface area contributed by atoms with Gasteiger partial charge in [0.1, 0.15) is 11.6 Å². The molecule has 0 aliphatic carbocycles. The van der Waals surface area contributed by atoms with Crippen LogP contribution in [0.25, 0.3) is 0 Å². The lowest BCUT2D eigenvalue weighted by Crippen LogP contribution is -2.25. The smallest absolute Gasteiger partial charge is 0.308 e. The van der Waals surface area contributed by atoms with E-state index in [-0.39, 0.29) is 17.6 Å². The number of ether oxygens (including phenoxy) is 2. The van der Waals surface area contributed by atoms with Crippen molar-refractivity contribution in [2.45, 2.75) is 20.1 Å². The molecule has 25 heavy (non-hydrogen) atoms. The van der Waals surface area contributed by atoms with Gasteiger partial charge in [0, 0.05) is 25.0 Å². The molecule has 7 heteroatoms. The van der Waals surface area contributed by atoms with Gasteiger partial charge in [-0.1, -0.05) is 12.1 Å². The quantitative estimate of drug-likeness (QED) is 0.635. The number of esters is 1. The molecule has 1 amide bonds. The molecule has 6 nitrogen and oxygen atoms in total. The first-order valence-corrected chi connectivity index (χ1v) is 7.53. The second kappa shape index (κ2) is 6.72. The third kappa shape index (κ3) is 3.65. The minimum atomic E-state index is -0.763. The molecule has 0 fully saturated rings. The minimum Gasteiger partial charge on any atom is -0.446 e. The van der Waals surface area contributed by atoms with Crippen LogP contribution in [0.4, 0.5) is 4.39 Å². The Bertz CT molecular complexity index is 831. The van der Waals surface area contributed by atoms with Crippen LogP contribution in [0, 0.1) is 5.82 Å². The van der Waals surface area contributed by atoms with Crippen molar-refractivity contribution in [2.75, 3.05) is 0 Å². The van der Waals surface area contributed by atoms with E-state index in [1.807, 2.05) is 0 Å². The van der Waals surface area contributed by atoms with E-state index in [0.29, 0.717) is 16.9 Å². The number of nitrogens with zero attached hydrogens (tertiary/aromatic N) is 2. The zero-order valence-electron chi connectivity index (χ0n) is 13.6. The Morgan fingerprint density at radius 3 is 2.28 bits per heavy atom. The zero-order valence-corrected chi connectivity index (χ0v) is 13.6. The molecule has 3 rings (SSSR count). The molecule has 1 heterocycles. The van der Waals surface area contributed by atoms with Crippen LogP contribution in [0.2, 0.25) is 0 Å². The first-order chi connectivity index (χ1) is 11.9. The van der Waals surface area contributed by atoms with Gasteiger partial charge >= 0.3 is 5.97 Å². The number of hydrogen-bond donors (Lipinski definition) is 0. The van der Waals surface area contributed by atoms with Crippen molar-refractivity contribution in [1.29, 1.82) is 0 Å². The van der Waals surface area contributed by atoms with Crippen molar-refractivity contribution >= 4 is 17.8 Å². The second-order valence-corrected chi connectivity index (χ2v) is 5.41. The summed E-state index contributed by atoms with van der Waals surface area (Å²) in [6, 6.07) is 12.2. The Morgan fingerprint density at radius 1 is 1.08 bits per heavy atom. The minimum absolute atomic E-state index is 0.249. The molecule has 2 aromatic rings. The molecule has 128 valence electrons. The van der Waals surface area contributed by atoms with E-state index in [1.54, 1.807) is 24.3 Å². The Hall–Kier alpha value is -3.22. The second-order valence-electron chi connectivity index (χ2n) is 5.41. The summed E-state index contributed by atoms with van der Waals surface area (Å²) < 4.78 is 23.9. The number of carbonyl (C=O) groups excluding carboxylic acids is 2. The molecule has 0 aromatic heterocycles. The zero-order chi connectivity index (χ0) is 18.0. The van der Waals surface area contributed by atoms with Crippen molar-refractivity contribution in [3.8, 4) is 5.75 Å². The van der Waals surface area contributed by atoms with Gasteiger partial charge in [-0.15, -0.1) is 5.10 Å². The van der Waals surface area contributed by atoms with Crippen LogP contribution in [-0.4, -0.2) is 22.8 Å². The maximum Gasteiger partial charge on any atom is 0.308 e. The number of benzene rings is 2. The lowest BCUT2D eigenvalue weighted by atomic mass is 10.2. The van der Waals surface area contributed by atoms with Gasteiger partial charge in [0.15, 0.2) is 0 Å². The van der Waals surface area contributed by atoms with Gasteiger partial charge in [-0.25, -0.2) is 4.39 Å². The number of rotatable bonds is 3. The highest BCUT2D eigenvalue weighted by molar-refractivity contribution is 5.96. The highest BCUT2D eigenvalue weighted by atomic mass is 19.1. The van der Waals surface area contributed by atoms with Crippen LogP contribution >= 0.6 is 0 Å². The molecule has 1 atom stereocenters. The van der Waals surface area contributed by atoms with Crippen molar-refractivity contribution < 1.29 is 23.5 Å². The van der Waals surface area contributed by atoms with Crippen molar-refractivity contribution in [1.82, 2.24) is 5.01 Å². The molecule has 0 spiro atoms. The van der Waals surface area contributed by atoms with Gasteiger partial charge in [0.2, 0.25) is 18.0 Å². The van der Waals surface area contributed by atoms with Gasteiger partial charge in [-0.2, -0.15) is 5.01 Å². The number of carbonyl (C=O) groups is 2. The topological polar surface area (TPSA) is 68.2 Å². The van der Waals surface area contributed by atoms with Crippen molar-refractivity contribution in [3.05, 3.63) is 65.5 Å². The molecule has 0 bridgehead atoms. The number of hydrogen-bond acceptors (Lipinski definition) is 5. The average Bonchev–Trinajstić information content (AvgIpc) is 3.01. The summed E-state index contributed by atoms with van der Waals surface area (Å²) >= 11 is 0. The maximum absolute atomic E-state index is 13.1. The Labute approximate surface area is 143 Å². The Kier molecular flexibility index (Phi) is 4.47. The van der Waals surface area contributed by atoms with Crippen molar-refractivity contribution in [3.63, 3.8) is 0 Å². The molecule has 0 N–H and O–H groups in total. The molecule has 1 aliphatic rings. The van der Waals surface area contributed by atoms with E-state index in [1.165, 1.54) is 43.1 Å². The largest absolute Gasteiger partial charge is 0.446 e. The normalized spacial score (nSPS) is 16.2. The third-order valence-corrected chi connectivity index (χ3v) is 3.48. The van der Waals surface area contributed by atoms with Crippen LogP contribution < -0.4 is 4.74 Å². The van der Waals surface area contributed by atoms with E-state index >= 15 is 0 Å². The maximum atomic E-state index is 13.1. The van der Waals surface area contributed by atoms with Gasteiger partial charge in [0.05, 0.1) is 0 Å². The molecule has 0 radical (unpaired) electrons. The molecule has 1 aliphatic heterocycles. The number of halogens is 1. The number of hydrazone groups is 1. The fraction of sp³-hybridized carbons (Fsp3) is 0.167. The summed E-state index contributed by atoms with van der Waals surface area (Å²) in [5.41, 5.74) is 1.22. The summed E-state index contributed by atoms with van der Waals surface area (Å²) in [4.78, 5) is 22.8. The highest BCUT2D eigenvalue weighted by Gasteiger charge is 2.33. The highest BCUT2D eigenvalue weighted by Crippen LogP contribution is 2.30. The molecule has 1 unspecified atom stereocenters. The summed E-state index contributed by atoms with van der Waals surface area (Å²) in [5, 5.41) is 5.40. The summed E-state index contributed by atoms with van der Waals surface area (Å²) in [7, 11) is 0. The van der Waals surface area contributed by atoms with E-state index in [4.69, 9.17) is 9.47 Å². The monoisotopic (exact) mass is 342 g/mol. The lowest BCUT2D eigenvalue weighted by molar-refractivity contribution is -0.135. The van der Waals surface area contributed by atoms with E-state index in [9.17, 15) is 14.0 Å². The number of amides is 1. The summed E-state index contributed by atoms with van der Waals surface area (Å²) in [6.07, 6.45) is -0.763. The summed E-state index contributed by atoms with van der Waals surface area (Å²) in [5.74, 6) is -0.451. The van der Waals surface area contributed by atoms with Crippen LogP contribution in [0.15, 0.2) is 53.6 Å². The Balaban J connectivity index is 1.85. The molecular formula is C18H15FN2O4. The molecule has 2 aromatic carbocycles. The average molecular weight is 342 g/mol. The van der Waals surface area contributed by atoms with Crippen LogP contribution in [0.3, 0.4) is 0 Å². The first kappa shape index (κ1) is 16.6. The predicted molar refractivity (Wildman–Crippen MR) is 87.0 cm³/mol. The van der Waals surface area contributed by atoms with Crippen LogP contribution in [-0.2, 0) is 14.3 Å². The van der Waals surface area contributed by atoms with Crippen LogP contribution in [0.5, 0.6) is 5.75 Å². The van der Waals surface area contributed by atoms with Gasteiger partial charge in [-0.3, -0.25) is 9.59 Å². The first-order valence-electron chi connectivity index (χ1n) is 7.53. The fourth-order valence-corrected chi connectivity index (χ4v) is 2.36. The standard InChI is InChI=1S/C18H15FN2O4/c1-11(22)21-18(14-3-7-15(19)8-4-14)25-17(20-21)13-5-9-16(10-6-13)24-12(2)23/h3-10,18H,1-2H3. The van der Waals surface area contributed by atoms with Gasteiger partial charge in [0.25, 0.3) is 0 Å². The molecule has 0 saturated carbocycles. The predicted octanol–water partition coefficient (Wildman–Crippen LogP) is 2.99. The lowest BCUT2D eigenvalue weighted by Gasteiger charge is -2.19. The van der Waals surface area contributed by atoms with Gasteiger partial charge < -0.3 is 9.47 Å². The SMILES string of the molecule is CC(=O)Oc1ccc(C2=NN(C(C)=O)C(c3ccc(F)cc3)O2)cc1. The van der Waals surface area contributed by atoms with Crippen LogP contribution in [0.1, 0.15) is 31.2 Å². The third-order valence-electron chi connectivity index (χ3n) is 3.48. The van der Waals surface area contributed by atoms with Gasteiger partial charge in [-0.05, 0) is 36.4 Å². The van der Waals surface area contributed by atoms with E-state index in [2.05, 4.69) is 5.10 Å². The van der Waals surface area contributed by atoms with E-state index < -0.39 is 12.2 Å². The van der Waals surface area contributed by atoms with Crippen molar-refractivity contribution in [2.24, 2.45) is 5.10 Å².